The van der Waals surface area contributed by atoms with Crippen molar-refractivity contribution in [3.8, 4) is 0 Å². The number of esters is 1. The molecule has 3 aromatic rings. The second-order valence-electron chi connectivity index (χ2n) is 7.22. The number of fused-ring (bicyclic) bond motifs is 1. The molecule has 3 heterocycles. The average Bonchev–Trinajstić information content (AvgIpc) is 3.32. The van der Waals surface area contributed by atoms with Crippen LogP contribution in [0.3, 0.4) is 0 Å². The summed E-state index contributed by atoms with van der Waals surface area (Å²) < 4.78 is 7.53. The molecule has 0 bridgehead atoms. The molecule has 0 N–H and O–H groups in total. The second kappa shape index (κ2) is 8.74. The van der Waals surface area contributed by atoms with Crippen molar-refractivity contribution in [2.75, 3.05) is 0 Å². The first-order valence-corrected chi connectivity index (χ1v) is 11.9. The number of rotatable bonds is 4. The van der Waals surface area contributed by atoms with Crippen LogP contribution in [0.5, 0.6) is 0 Å². The minimum Gasteiger partial charge on any atom is -0.459 e. The van der Waals surface area contributed by atoms with Gasteiger partial charge in [0.1, 0.15) is 6.04 Å². The molecule has 1 aliphatic rings. The van der Waals surface area contributed by atoms with Gasteiger partial charge in [-0.1, -0.05) is 46.7 Å². The molecule has 1 unspecified atom stereocenters. The van der Waals surface area contributed by atoms with Gasteiger partial charge in [0.05, 0.1) is 32.0 Å². The van der Waals surface area contributed by atoms with E-state index in [0.29, 0.717) is 30.6 Å². The van der Waals surface area contributed by atoms with Crippen LogP contribution in [-0.2, 0) is 9.53 Å². The van der Waals surface area contributed by atoms with Crippen LogP contribution in [0.4, 0.5) is 0 Å². The molecule has 2 aromatic heterocycles. The van der Waals surface area contributed by atoms with E-state index in [1.807, 2.05) is 17.5 Å². The molecule has 9 heteroatoms. The molecule has 0 spiro atoms. The molecule has 1 aliphatic heterocycles. The van der Waals surface area contributed by atoms with E-state index in [1.165, 1.54) is 22.7 Å². The van der Waals surface area contributed by atoms with E-state index >= 15 is 0 Å². The summed E-state index contributed by atoms with van der Waals surface area (Å²) in [6, 6.07) is 8.40. The summed E-state index contributed by atoms with van der Waals surface area (Å²) in [7, 11) is 0. The van der Waals surface area contributed by atoms with Crippen molar-refractivity contribution in [2.24, 2.45) is 4.99 Å². The minimum absolute atomic E-state index is 0.226. The number of thiophene rings is 1. The molecular formula is C22H18Cl2N2O3S2. The number of benzene rings is 1. The molecule has 0 saturated carbocycles. The van der Waals surface area contributed by atoms with Crippen LogP contribution in [0.1, 0.15) is 37.3 Å². The topological polar surface area (TPSA) is 60.7 Å². The lowest BCUT2D eigenvalue weighted by molar-refractivity contribution is -0.143. The fourth-order valence-electron chi connectivity index (χ4n) is 3.33. The Morgan fingerprint density at radius 3 is 2.68 bits per heavy atom. The van der Waals surface area contributed by atoms with E-state index in [9.17, 15) is 9.59 Å². The molecule has 5 nitrogen and oxygen atoms in total. The maximum atomic E-state index is 13.4. The highest BCUT2D eigenvalue weighted by Crippen LogP contribution is 2.33. The number of allylic oxidation sites excluding steroid dienone is 1. The first-order valence-electron chi connectivity index (χ1n) is 9.48. The quantitative estimate of drug-likeness (QED) is 0.501. The molecule has 0 aliphatic carbocycles. The van der Waals surface area contributed by atoms with Crippen molar-refractivity contribution in [1.82, 2.24) is 4.57 Å². The van der Waals surface area contributed by atoms with Crippen LogP contribution in [0.2, 0.25) is 10.0 Å². The van der Waals surface area contributed by atoms with Gasteiger partial charge < -0.3 is 4.74 Å². The highest BCUT2D eigenvalue weighted by atomic mass is 35.5. The van der Waals surface area contributed by atoms with E-state index < -0.39 is 12.0 Å². The lowest BCUT2D eigenvalue weighted by Crippen LogP contribution is -2.39. The van der Waals surface area contributed by atoms with Crippen molar-refractivity contribution >= 4 is 57.9 Å². The monoisotopic (exact) mass is 492 g/mol. The van der Waals surface area contributed by atoms with Crippen molar-refractivity contribution in [3.63, 3.8) is 0 Å². The normalized spacial score (nSPS) is 16.5. The first-order chi connectivity index (χ1) is 14.8. The number of hydrogen-bond acceptors (Lipinski definition) is 6. The van der Waals surface area contributed by atoms with Gasteiger partial charge in [-0.15, -0.1) is 11.3 Å². The smallest absolute Gasteiger partial charge is 0.338 e. The van der Waals surface area contributed by atoms with Crippen LogP contribution in [-0.4, -0.2) is 16.6 Å². The Bertz CT molecular complexity index is 1370. The Morgan fingerprint density at radius 2 is 2.03 bits per heavy atom. The maximum Gasteiger partial charge on any atom is 0.338 e. The Morgan fingerprint density at radius 1 is 1.26 bits per heavy atom. The third-order valence-electron chi connectivity index (χ3n) is 4.64. The summed E-state index contributed by atoms with van der Waals surface area (Å²) in [6.07, 6.45) is 1.47. The van der Waals surface area contributed by atoms with Crippen molar-refractivity contribution < 1.29 is 9.53 Å². The Balaban J connectivity index is 1.92. The van der Waals surface area contributed by atoms with E-state index in [-0.39, 0.29) is 11.7 Å². The van der Waals surface area contributed by atoms with Gasteiger partial charge in [-0.2, -0.15) is 0 Å². The lowest BCUT2D eigenvalue weighted by Gasteiger charge is -2.24. The molecule has 1 aromatic carbocycles. The highest BCUT2D eigenvalue weighted by molar-refractivity contribution is 7.10. The summed E-state index contributed by atoms with van der Waals surface area (Å²) in [5.41, 5.74) is 1.45. The van der Waals surface area contributed by atoms with Gasteiger partial charge in [-0.3, -0.25) is 9.36 Å². The molecular weight excluding hydrogens is 475 g/mol. The Labute approximate surface area is 196 Å². The number of thiazole rings is 1. The van der Waals surface area contributed by atoms with Gasteiger partial charge in [0.25, 0.3) is 5.56 Å². The zero-order chi connectivity index (χ0) is 22.3. The number of nitrogens with zero attached hydrogens (tertiary/aromatic N) is 2. The summed E-state index contributed by atoms with van der Waals surface area (Å²) in [5.74, 6) is -0.464. The fourth-order valence-corrected chi connectivity index (χ4v) is 5.51. The predicted octanol–water partition coefficient (Wildman–Crippen LogP) is 4.56. The lowest BCUT2D eigenvalue weighted by atomic mass is 10.0. The molecule has 1 atom stereocenters. The zero-order valence-electron chi connectivity index (χ0n) is 16.9. The van der Waals surface area contributed by atoms with Crippen LogP contribution < -0.4 is 14.9 Å². The molecule has 31 heavy (non-hydrogen) atoms. The SMILES string of the molecule is CC1=C(C(=O)OC(C)C)C(c2cccs2)n2c(s/c(=C/c3ccc(Cl)c(Cl)c3)c2=O)=N1. The fraction of sp³-hybridized carbons (Fsp3) is 0.227. The van der Waals surface area contributed by atoms with Crippen LogP contribution in [0.25, 0.3) is 6.08 Å². The Kier molecular flexibility index (Phi) is 6.21. The molecule has 160 valence electrons. The molecule has 0 saturated heterocycles. The Hall–Kier alpha value is -2.19. The van der Waals surface area contributed by atoms with E-state index in [4.69, 9.17) is 27.9 Å². The van der Waals surface area contributed by atoms with Gasteiger partial charge in [0, 0.05) is 4.88 Å². The summed E-state index contributed by atoms with van der Waals surface area (Å²) in [6.45, 7) is 5.36. The summed E-state index contributed by atoms with van der Waals surface area (Å²) >= 11 is 14.9. The van der Waals surface area contributed by atoms with E-state index in [2.05, 4.69) is 4.99 Å². The number of carbonyl (C=O) groups excluding carboxylic acids is 1. The first kappa shape index (κ1) is 22.0. The second-order valence-corrected chi connectivity index (χ2v) is 10.0. The van der Waals surface area contributed by atoms with Crippen molar-refractivity contribution in [2.45, 2.75) is 32.9 Å². The van der Waals surface area contributed by atoms with Crippen molar-refractivity contribution in [1.29, 1.82) is 0 Å². The highest BCUT2D eigenvalue weighted by Gasteiger charge is 2.34. The van der Waals surface area contributed by atoms with Gasteiger partial charge in [-0.05, 0) is 56.0 Å². The van der Waals surface area contributed by atoms with Crippen LogP contribution in [0.15, 0.2) is 56.8 Å². The standard InChI is InChI=1S/C22H18Cl2N2O3S2/c1-11(2)29-21(28)18-12(3)25-22-26(19(18)16-5-4-8-30-16)20(27)17(31-22)10-13-6-7-14(23)15(24)9-13/h4-11,19H,1-3H3/b17-10+. The number of halogens is 2. The molecule has 0 fully saturated rings. The summed E-state index contributed by atoms with van der Waals surface area (Å²) in [4.78, 5) is 32.3. The molecule has 0 amide bonds. The average molecular weight is 493 g/mol. The van der Waals surface area contributed by atoms with E-state index in [0.717, 1.165) is 10.4 Å². The van der Waals surface area contributed by atoms with E-state index in [1.54, 1.807) is 49.6 Å². The van der Waals surface area contributed by atoms with Crippen LogP contribution >= 0.6 is 45.9 Å². The number of hydrogen-bond donors (Lipinski definition) is 0. The van der Waals surface area contributed by atoms with Gasteiger partial charge in [0.2, 0.25) is 0 Å². The molecule has 4 rings (SSSR count). The van der Waals surface area contributed by atoms with Gasteiger partial charge in [0.15, 0.2) is 4.80 Å². The number of ether oxygens (including phenoxy) is 1. The zero-order valence-corrected chi connectivity index (χ0v) is 20.0. The van der Waals surface area contributed by atoms with Gasteiger partial charge >= 0.3 is 5.97 Å². The predicted molar refractivity (Wildman–Crippen MR) is 126 cm³/mol. The minimum atomic E-state index is -0.585. The largest absolute Gasteiger partial charge is 0.459 e. The van der Waals surface area contributed by atoms with Crippen molar-refractivity contribution in [3.05, 3.63) is 87.2 Å². The molecule has 0 radical (unpaired) electrons. The van der Waals surface area contributed by atoms with Gasteiger partial charge in [-0.25, -0.2) is 9.79 Å². The third kappa shape index (κ3) is 4.28. The maximum absolute atomic E-state index is 13.4. The van der Waals surface area contributed by atoms with Crippen LogP contribution in [0, 0.1) is 0 Å². The summed E-state index contributed by atoms with van der Waals surface area (Å²) in [5, 5.41) is 2.78. The third-order valence-corrected chi connectivity index (χ3v) is 7.29. The number of carbonyl (C=O) groups is 1. The number of aromatic nitrogens is 1.